The number of nitrogens with one attached hydrogen (secondary N) is 3. The molecule has 230 valence electrons. The van der Waals surface area contributed by atoms with Crippen LogP contribution in [0, 0.1) is 11.8 Å². The molecule has 1 amide bonds. The highest BCUT2D eigenvalue weighted by molar-refractivity contribution is 5.78. The van der Waals surface area contributed by atoms with Crippen LogP contribution >= 0.6 is 0 Å². The highest BCUT2D eigenvalue weighted by atomic mass is 16.5. The van der Waals surface area contributed by atoms with Crippen molar-refractivity contribution in [3.05, 3.63) is 59.2 Å². The number of likely N-dealkylation sites (tertiary alicyclic amines) is 2. The standard InChI is InChI=1S/C33H39N7O4/c1-43-30(41)8-5-18-39-16-3-6-28(39)31-35-24-13-11-22(20-26(24)37-31)9-10-23-12-14-25-27(21-23)38-32(36-25)29-7-4-17-40(29)19-15-34-33(42)44-2/h11-14,20-21,28-29H,3-8,15-19H2,1-2H3,(H,34,42)(H,35,37)(H,36,38)/t28-,29-/m0/s1. The highest BCUT2D eigenvalue weighted by Crippen LogP contribution is 2.32. The van der Waals surface area contributed by atoms with Crippen molar-refractivity contribution in [3.63, 3.8) is 0 Å². The first-order valence-corrected chi connectivity index (χ1v) is 15.4. The average Bonchev–Trinajstić information content (AvgIpc) is 3.84. The van der Waals surface area contributed by atoms with Gasteiger partial charge in [0, 0.05) is 30.6 Å². The van der Waals surface area contributed by atoms with Gasteiger partial charge in [0.1, 0.15) is 11.6 Å². The van der Waals surface area contributed by atoms with E-state index in [1.807, 2.05) is 24.3 Å². The Hall–Kier alpha value is -4.40. The SMILES string of the molecule is COC(=O)CCCN1CCC[C@H]1c1nc2ccc(C#Cc3ccc4nc([C@@H]5CCCN5CCNC(=O)OC)[nH]c4c3)cc2[nH]1. The number of hydrogen-bond acceptors (Lipinski definition) is 8. The summed E-state index contributed by atoms with van der Waals surface area (Å²) in [5.41, 5.74) is 5.62. The zero-order valence-corrected chi connectivity index (χ0v) is 25.3. The summed E-state index contributed by atoms with van der Waals surface area (Å²) in [6.07, 6.45) is 5.09. The molecule has 0 unspecified atom stereocenters. The normalized spacial score (nSPS) is 18.9. The Bertz CT molecular complexity index is 1580. The van der Waals surface area contributed by atoms with E-state index in [1.165, 1.54) is 14.2 Å². The van der Waals surface area contributed by atoms with Crippen LogP contribution in [0.1, 0.15) is 73.4 Å². The van der Waals surface area contributed by atoms with E-state index in [-0.39, 0.29) is 18.1 Å². The largest absolute Gasteiger partial charge is 0.469 e. The van der Waals surface area contributed by atoms with Crippen LogP contribution in [0.4, 0.5) is 4.79 Å². The average molecular weight is 598 g/mol. The monoisotopic (exact) mass is 597 g/mol. The van der Waals surface area contributed by atoms with Gasteiger partial charge in [-0.1, -0.05) is 11.8 Å². The number of carbonyl (C=O) groups excluding carboxylic acids is 2. The van der Waals surface area contributed by atoms with Gasteiger partial charge in [-0.05, 0) is 88.1 Å². The Balaban J connectivity index is 1.12. The van der Waals surface area contributed by atoms with Crippen molar-refractivity contribution >= 4 is 34.1 Å². The molecule has 6 rings (SSSR count). The van der Waals surface area contributed by atoms with Crippen molar-refractivity contribution in [3.8, 4) is 11.8 Å². The van der Waals surface area contributed by atoms with Gasteiger partial charge >= 0.3 is 12.1 Å². The predicted octanol–water partition coefficient (Wildman–Crippen LogP) is 4.42. The number of ether oxygens (including phenoxy) is 2. The van der Waals surface area contributed by atoms with E-state index in [1.54, 1.807) is 0 Å². The molecular formula is C33H39N7O4. The maximum atomic E-state index is 11.5. The van der Waals surface area contributed by atoms with Crippen LogP contribution in [-0.4, -0.2) is 88.7 Å². The molecule has 0 aliphatic carbocycles. The van der Waals surface area contributed by atoms with Crippen molar-refractivity contribution in [2.45, 2.75) is 50.6 Å². The molecule has 3 N–H and O–H groups in total. The lowest BCUT2D eigenvalue weighted by atomic mass is 10.1. The number of esters is 1. The number of alkyl carbamates (subject to hydrolysis) is 1. The third-order valence-corrected chi connectivity index (χ3v) is 8.62. The Morgan fingerprint density at radius 2 is 1.43 bits per heavy atom. The summed E-state index contributed by atoms with van der Waals surface area (Å²) in [6.45, 7) is 4.11. The molecule has 2 aromatic carbocycles. The Morgan fingerprint density at radius 1 is 0.864 bits per heavy atom. The number of benzene rings is 2. The maximum Gasteiger partial charge on any atom is 0.406 e. The summed E-state index contributed by atoms with van der Waals surface area (Å²) in [5.74, 6) is 8.39. The molecule has 0 bridgehead atoms. The number of hydrogen-bond donors (Lipinski definition) is 3. The first-order valence-electron chi connectivity index (χ1n) is 15.4. The number of fused-ring (bicyclic) bond motifs is 2. The zero-order chi connectivity index (χ0) is 30.5. The van der Waals surface area contributed by atoms with Crippen molar-refractivity contribution in [2.75, 3.05) is 46.9 Å². The van der Waals surface area contributed by atoms with Gasteiger partial charge in [-0.15, -0.1) is 0 Å². The molecule has 11 nitrogen and oxygen atoms in total. The number of rotatable bonds is 9. The van der Waals surface area contributed by atoms with Crippen LogP contribution < -0.4 is 5.32 Å². The Morgan fingerprint density at radius 3 is 1.98 bits per heavy atom. The number of nitrogens with zero attached hydrogens (tertiary/aromatic N) is 4. The summed E-state index contributed by atoms with van der Waals surface area (Å²) in [6, 6.07) is 12.6. The van der Waals surface area contributed by atoms with E-state index in [4.69, 9.17) is 14.7 Å². The Kier molecular flexibility index (Phi) is 9.09. The van der Waals surface area contributed by atoms with Gasteiger partial charge in [0.15, 0.2) is 0 Å². The van der Waals surface area contributed by atoms with Crippen LogP contribution in [0.2, 0.25) is 0 Å². The summed E-state index contributed by atoms with van der Waals surface area (Å²) < 4.78 is 9.45. The lowest BCUT2D eigenvalue weighted by molar-refractivity contribution is -0.140. The van der Waals surface area contributed by atoms with Gasteiger partial charge in [0.25, 0.3) is 0 Å². The molecule has 2 aliphatic heterocycles. The molecule has 4 heterocycles. The minimum absolute atomic E-state index is 0.161. The van der Waals surface area contributed by atoms with E-state index in [9.17, 15) is 9.59 Å². The van der Waals surface area contributed by atoms with Gasteiger partial charge < -0.3 is 24.8 Å². The van der Waals surface area contributed by atoms with Crippen LogP contribution in [0.15, 0.2) is 36.4 Å². The smallest absolute Gasteiger partial charge is 0.406 e. The van der Waals surface area contributed by atoms with Gasteiger partial charge in [0.05, 0.1) is 48.4 Å². The van der Waals surface area contributed by atoms with Crippen molar-refractivity contribution < 1.29 is 19.1 Å². The molecule has 4 aromatic rings. The van der Waals surface area contributed by atoms with Gasteiger partial charge in [-0.2, -0.15) is 0 Å². The molecule has 2 fully saturated rings. The van der Waals surface area contributed by atoms with E-state index >= 15 is 0 Å². The van der Waals surface area contributed by atoms with Crippen molar-refractivity contribution in [2.24, 2.45) is 0 Å². The second-order valence-electron chi connectivity index (χ2n) is 11.4. The van der Waals surface area contributed by atoms with Gasteiger partial charge in [-0.25, -0.2) is 14.8 Å². The maximum absolute atomic E-state index is 11.5. The molecule has 2 atom stereocenters. The second-order valence-corrected chi connectivity index (χ2v) is 11.4. The van der Waals surface area contributed by atoms with Crippen LogP contribution in [-0.2, 0) is 14.3 Å². The molecule has 0 spiro atoms. The lowest BCUT2D eigenvalue weighted by Gasteiger charge is -2.22. The quantitative estimate of drug-likeness (QED) is 0.191. The second kappa shape index (κ2) is 13.5. The third kappa shape index (κ3) is 6.72. The minimum Gasteiger partial charge on any atom is -0.469 e. The fraction of sp³-hybridized carbons (Fsp3) is 0.455. The number of aromatic nitrogens is 4. The van der Waals surface area contributed by atoms with E-state index in [2.05, 4.69) is 53.8 Å². The molecule has 2 aromatic heterocycles. The molecule has 11 heteroatoms. The highest BCUT2D eigenvalue weighted by Gasteiger charge is 2.29. The van der Waals surface area contributed by atoms with E-state index < -0.39 is 6.09 Å². The Labute approximate surface area is 256 Å². The number of aromatic amines is 2. The van der Waals surface area contributed by atoms with Crippen LogP contribution in [0.5, 0.6) is 0 Å². The first-order chi connectivity index (χ1) is 21.5. The lowest BCUT2D eigenvalue weighted by Crippen LogP contribution is -2.34. The number of carbonyl (C=O) groups is 2. The molecule has 2 aliphatic rings. The van der Waals surface area contributed by atoms with Gasteiger partial charge in [-0.3, -0.25) is 14.6 Å². The summed E-state index contributed by atoms with van der Waals surface area (Å²) in [5, 5.41) is 2.76. The molecule has 44 heavy (non-hydrogen) atoms. The van der Waals surface area contributed by atoms with Crippen molar-refractivity contribution in [1.82, 2.24) is 35.1 Å². The zero-order valence-electron chi connectivity index (χ0n) is 25.3. The van der Waals surface area contributed by atoms with Crippen LogP contribution in [0.25, 0.3) is 22.1 Å². The van der Waals surface area contributed by atoms with Gasteiger partial charge in [0.2, 0.25) is 0 Å². The number of amides is 1. The minimum atomic E-state index is -0.409. The molecular weight excluding hydrogens is 558 g/mol. The fourth-order valence-electron chi connectivity index (χ4n) is 6.38. The number of H-pyrrole nitrogens is 2. The fourth-order valence-corrected chi connectivity index (χ4v) is 6.38. The molecule has 0 saturated carbocycles. The van der Waals surface area contributed by atoms with Crippen molar-refractivity contribution in [1.29, 1.82) is 0 Å². The summed E-state index contributed by atoms with van der Waals surface area (Å²) >= 11 is 0. The first kappa shape index (κ1) is 29.7. The number of imidazole rings is 2. The predicted molar refractivity (Wildman–Crippen MR) is 167 cm³/mol. The number of methoxy groups -OCH3 is 2. The molecule has 0 radical (unpaired) electrons. The summed E-state index contributed by atoms with van der Waals surface area (Å²) in [4.78, 5) is 44.5. The van der Waals surface area contributed by atoms with E-state index in [0.717, 1.165) is 103 Å². The summed E-state index contributed by atoms with van der Waals surface area (Å²) in [7, 11) is 2.81. The molecule has 2 saturated heterocycles. The third-order valence-electron chi connectivity index (χ3n) is 8.62. The van der Waals surface area contributed by atoms with Crippen LogP contribution in [0.3, 0.4) is 0 Å². The topological polar surface area (TPSA) is 128 Å². The van der Waals surface area contributed by atoms with E-state index in [0.29, 0.717) is 13.0 Å².